The molecule has 1 aromatic carbocycles. The fraction of sp³-hybridized carbons (Fsp3) is 0.214. The van der Waals surface area contributed by atoms with Crippen molar-refractivity contribution in [3.05, 3.63) is 47.2 Å². The molecule has 3 rings (SSSR count). The van der Waals surface area contributed by atoms with E-state index in [-0.39, 0.29) is 17.1 Å². The van der Waals surface area contributed by atoms with Crippen molar-refractivity contribution in [1.82, 2.24) is 10.2 Å². The Hall–Kier alpha value is -2.28. The number of amides is 1. The Balaban J connectivity index is 1.93. The summed E-state index contributed by atoms with van der Waals surface area (Å²) in [5, 5.41) is 9.56. The molecular weight excluding hydrogens is 290 g/mol. The van der Waals surface area contributed by atoms with Crippen LogP contribution in [-0.2, 0) is 9.53 Å². The van der Waals surface area contributed by atoms with Gasteiger partial charge in [0.1, 0.15) is 5.82 Å². The Labute approximate surface area is 125 Å². The Morgan fingerprint density at radius 1 is 1.38 bits per heavy atom. The molecule has 2 N–H and O–H groups in total. The normalized spacial score (nSPS) is 17.6. The smallest absolute Gasteiger partial charge is 0.337 e. The van der Waals surface area contributed by atoms with Gasteiger partial charge in [0.05, 0.1) is 29.9 Å². The first-order valence-electron chi connectivity index (χ1n) is 6.32. The van der Waals surface area contributed by atoms with Crippen LogP contribution >= 0.6 is 11.8 Å². The van der Waals surface area contributed by atoms with Crippen LogP contribution in [0.1, 0.15) is 26.7 Å². The van der Waals surface area contributed by atoms with Crippen LogP contribution in [0.4, 0.5) is 5.82 Å². The minimum atomic E-state index is -0.365. The monoisotopic (exact) mass is 303 g/mol. The summed E-state index contributed by atoms with van der Waals surface area (Å²) in [6.07, 6.45) is 1.72. The van der Waals surface area contributed by atoms with Crippen molar-refractivity contribution in [2.75, 3.05) is 18.2 Å². The number of carbonyl (C=O) groups is 2. The average molecular weight is 303 g/mol. The second kappa shape index (κ2) is 5.61. The lowest BCUT2D eigenvalue weighted by atomic mass is 10.0. The van der Waals surface area contributed by atoms with Gasteiger partial charge in [-0.2, -0.15) is 5.10 Å². The Bertz CT molecular complexity index is 681. The summed E-state index contributed by atoms with van der Waals surface area (Å²) in [4.78, 5) is 23.1. The molecule has 0 saturated heterocycles. The van der Waals surface area contributed by atoms with Gasteiger partial charge in [-0.25, -0.2) is 4.79 Å². The maximum absolute atomic E-state index is 11.7. The lowest BCUT2D eigenvalue weighted by Gasteiger charge is -2.14. The number of aromatic amines is 1. The Kier molecular flexibility index (Phi) is 3.66. The zero-order chi connectivity index (χ0) is 14.8. The van der Waals surface area contributed by atoms with E-state index in [2.05, 4.69) is 20.3 Å². The summed E-state index contributed by atoms with van der Waals surface area (Å²) in [7, 11) is 1.35. The van der Waals surface area contributed by atoms with Crippen LogP contribution in [0, 0.1) is 0 Å². The van der Waals surface area contributed by atoms with E-state index in [1.54, 1.807) is 18.3 Å². The lowest BCUT2D eigenvalue weighted by molar-refractivity contribution is -0.113. The molecule has 0 fully saturated rings. The van der Waals surface area contributed by atoms with Crippen molar-refractivity contribution in [2.45, 2.75) is 5.25 Å². The van der Waals surface area contributed by atoms with Crippen LogP contribution in [0.2, 0.25) is 0 Å². The number of esters is 1. The van der Waals surface area contributed by atoms with Gasteiger partial charge in [-0.15, -0.1) is 11.8 Å². The number of hydrogen-bond donors (Lipinski definition) is 2. The van der Waals surface area contributed by atoms with Crippen molar-refractivity contribution in [3.8, 4) is 0 Å². The minimum Gasteiger partial charge on any atom is -0.465 e. The highest BCUT2D eigenvalue weighted by Crippen LogP contribution is 2.40. The fourth-order valence-corrected chi connectivity index (χ4v) is 3.30. The molecule has 1 aliphatic rings. The second-order valence-electron chi connectivity index (χ2n) is 4.55. The van der Waals surface area contributed by atoms with Crippen LogP contribution in [0.3, 0.4) is 0 Å². The highest BCUT2D eigenvalue weighted by Gasteiger charge is 2.25. The SMILES string of the molecule is COC(=O)c1ccc(C2SCC(=O)Nc3[nH]ncc32)cc1. The number of thioether (sulfide) groups is 1. The van der Waals surface area contributed by atoms with Gasteiger partial charge < -0.3 is 10.1 Å². The molecule has 1 aromatic heterocycles. The second-order valence-corrected chi connectivity index (χ2v) is 5.65. The molecule has 0 aliphatic carbocycles. The third-order valence-corrected chi connectivity index (χ3v) is 4.52. The van der Waals surface area contributed by atoms with Gasteiger partial charge in [0.15, 0.2) is 0 Å². The number of nitrogens with zero attached hydrogens (tertiary/aromatic N) is 1. The van der Waals surface area contributed by atoms with Gasteiger partial charge in [0.2, 0.25) is 5.91 Å². The van der Waals surface area contributed by atoms with E-state index in [0.29, 0.717) is 17.1 Å². The zero-order valence-electron chi connectivity index (χ0n) is 11.3. The molecule has 108 valence electrons. The number of methoxy groups -OCH3 is 1. The number of ether oxygens (including phenoxy) is 1. The van der Waals surface area contributed by atoms with E-state index >= 15 is 0 Å². The number of anilines is 1. The highest BCUT2D eigenvalue weighted by molar-refractivity contribution is 8.00. The van der Waals surface area contributed by atoms with Gasteiger partial charge in [0, 0.05) is 5.56 Å². The molecule has 0 bridgehead atoms. The first-order valence-corrected chi connectivity index (χ1v) is 7.37. The number of benzene rings is 1. The molecule has 0 saturated carbocycles. The molecule has 21 heavy (non-hydrogen) atoms. The maximum atomic E-state index is 11.7. The van der Waals surface area contributed by atoms with Crippen molar-refractivity contribution < 1.29 is 14.3 Å². The van der Waals surface area contributed by atoms with Gasteiger partial charge >= 0.3 is 5.97 Å². The molecule has 2 aromatic rings. The molecule has 6 nitrogen and oxygen atoms in total. The van der Waals surface area contributed by atoms with Crippen molar-refractivity contribution in [1.29, 1.82) is 0 Å². The van der Waals surface area contributed by atoms with Crippen LogP contribution in [0.15, 0.2) is 30.5 Å². The Morgan fingerprint density at radius 3 is 2.86 bits per heavy atom. The summed E-state index contributed by atoms with van der Waals surface area (Å²) < 4.78 is 4.69. The number of rotatable bonds is 2. The van der Waals surface area contributed by atoms with Gasteiger partial charge in [-0.3, -0.25) is 9.89 Å². The van der Waals surface area contributed by atoms with E-state index in [1.807, 2.05) is 12.1 Å². The standard InChI is InChI=1S/C14H13N3O3S/c1-20-14(19)9-4-2-8(3-5-9)12-10-6-15-17-13(10)16-11(18)7-21-12/h2-6,12H,7H2,1H3,(H2,15,16,17,18). The Morgan fingerprint density at radius 2 is 2.14 bits per heavy atom. The number of aromatic nitrogens is 2. The summed E-state index contributed by atoms with van der Waals surface area (Å²) >= 11 is 1.52. The number of fused-ring (bicyclic) bond motifs is 1. The predicted octanol–water partition coefficient (Wildman–Crippen LogP) is 1.97. The van der Waals surface area contributed by atoms with Crippen LogP contribution in [0.5, 0.6) is 0 Å². The zero-order valence-corrected chi connectivity index (χ0v) is 12.1. The molecule has 0 spiro atoms. The fourth-order valence-electron chi connectivity index (χ4n) is 2.21. The average Bonchev–Trinajstić information content (AvgIpc) is 2.89. The quantitative estimate of drug-likeness (QED) is 0.829. The first-order chi connectivity index (χ1) is 10.2. The minimum absolute atomic E-state index is 0.00982. The topological polar surface area (TPSA) is 84.1 Å². The molecule has 0 radical (unpaired) electrons. The molecule has 1 atom stereocenters. The maximum Gasteiger partial charge on any atom is 0.337 e. The van der Waals surface area contributed by atoms with Crippen LogP contribution < -0.4 is 5.32 Å². The lowest BCUT2D eigenvalue weighted by Crippen LogP contribution is -2.12. The largest absolute Gasteiger partial charge is 0.465 e. The molecule has 1 aliphatic heterocycles. The van der Waals surface area contributed by atoms with Crippen LogP contribution in [-0.4, -0.2) is 34.9 Å². The van der Waals surface area contributed by atoms with Gasteiger partial charge in [-0.05, 0) is 17.7 Å². The van der Waals surface area contributed by atoms with E-state index < -0.39 is 0 Å². The molecule has 7 heteroatoms. The van der Waals surface area contributed by atoms with E-state index in [0.717, 1.165) is 11.1 Å². The van der Waals surface area contributed by atoms with E-state index in [1.165, 1.54) is 18.9 Å². The summed E-state index contributed by atoms with van der Waals surface area (Å²) in [6, 6.07) is 7.19. The third kappa shape index (κ3) is 2.64. The molecular formula is C14H13N3O3S. The summed E-state index contributed by atoms with van der Waals surface area (Å²) in [5.41, 5.74) is 2.44. The summed E-state index contributed by atoms with van der Waals surface area (Å²) in [6.45, 7) is 0. The number of nitrogens with one attached hydrogen (secondary N) is 2. The van der Waals surface area contributed by atoms with Crippen molar-refractivity contribution >= 4 is 29.5 Å². The summed E-state index contributed by atoms with van der Waals surface area (Å²) in [5.74, 6) is 0.577. The molecule has 1 unspecified atom stereocenters. The predicted molar refractivity (Wildman–Crippen MR) is 79.3 cm³/mol. The van der Waals surface area contributed by atoms with Crippen molar-refractivity contribution in [3.63, 3.8) is 0 Å². The van der Waals surface area contributed by atoms with Crippen molar-refractivity contribution in [2.24, 2.45) is 0 Å². The number of hydrogen-bond acceptors (Lipinski definition) is 5. The molecule has 2 heterocycles. The van der Waals surface area contributed by atoms with E-state index in [9.17, 15) is 9.59 Å². The van der Waals surface area contributed by atoms with Gasteiger partial charge in [-0.1, -0.05) is 12.1 Å². The van der Waals surface area contributed by atoms with Crippen LogP contribution in [0.25, 0.3) is 0 Å². The third-order valence-electron chi connectivity index (χ3n) is 3.23. The molecule has 1 amide bonds. The van der Waals surface area contributed by atoms with E-state index in [4.69, 9.17) is 0 Å². The first kappa shape index (κ1) is 13.7. The number of carbonyl (C=O) groups excluding carboxylic acids is 2. The number of H-pyrrole nitrogens is 1. The van der Waals surface area contributed by atoms with Gasteiger partial charge in [0.25, 0.3) is 0 Å². The highest BCUT2D eigenvalue weighted by atomic mass is 32.2.